The second-order valence-electron chi connectivity index (χ2n) is 10.8. The SMILES string of the molecule is CNc1cncc(C(F)(F)F)n1.N/C(=C\C=C(/N)N1CCC(CN2CCN(CC3OCCC(O)C3O)CC2)CC1)C(=O)O. The summed E-state index contributed by atoms with van der Waals surface area (Å²) < 4.78 is 41.6. The first-order valence-corrected chi connectivity index (χ1v) is 14.3. The molecule has 0 saturated carbocycles. The summed E-state index contributed by atoms with van der Waals surface area (Å²) in [4.78, 5) is 24.3. The summed E-state index contributed by atoms with van der Waals surface area (Å²) in [5, 5.41) is 31.2. The second kappa shape index (κ2) is 16.0. The summed E-state index contributed by atoms with van der Waals surface area (Å²) in [6, 6.07) is 0. The number of anilines is 1. The minimum atomic E-state index is -4.43. The van der Waals surface area contributed by atoms with Crippen molar-refractivity contribution < 1.29 is 38.0 Å². The number of rotatable bonds is 8. The van der Waals surface area contributed by atoms with Gasteiger partial charge in [-0.1, -0.05) is 0 Å². The fraction of sp³-hybridized carbons (Fsp3) is 0.667. The lowest BCUT2D eigenvalue weighted by atomic mass is 9.96. The number of aliphatic hydroxyl groups is 2. The Morgan fingerprint density at radius 1 is 1.05 bits per heavy atom. The number of likely N-dealkylation sites (tertiary alicyclic amines) is 1. The van der Waals surface area contributed by atoms with Crippen LogP contribution in [0, 0.1) is 5.92 Å². The molecular weight excluding hydrogens is 573 g/mol. The van der Waals surface area contributed by atoms with Gasteiger partial charge in [-0.05, 0) is 37.3 Å². The first-order chi connectivity index (χ1) is 20.4. The van der Waals surface area contributed by atoms with E-state index < -0.39 is 30.0 Å². The highest BCUT2D eigenvalue weighted by molar-refractivity contribution is 5.85. The summed E-state index contributed by atoms with van der Waals surface area (Å²) in [6.45, 7) is 7.81. The molecular formula is C27H43F3N8O5. The Morgan fingerprint density at radius 3 is 2.26 bits per heavy atom. The number of alkyl halides is 3. The second-order valence-corrected chi connectivity index (χ2v) is 10.8. The van der Waals surface area contributed by atoms with E-state index >= 15 is 0 Å². The molecule has 16 heteroatoms. The number of piperidine rings is 1. The summed E-state index contributed by atoms with van der Waals surface area (Å²) in [6.07, 6.45) is 1.18. The van der Waals surface area contributed by atoms with Crippen LogP contribution in [0.5, 0.6) is 0 Å². The van der Waals surface area contributed by atoms with Gasteiger partial charge in [0.05, 0.1) is 30.4 Å². The van der Waals surface area contributed by atoms with Crippen LogP contribution in [0.25, 0.3) is 0 Å². The highest BCUT2D eigenvalue weighted by Crippen LogP contribution is 2.27. The third-order valence-corrected chi connectivity index (χ3v) is 7.78. The third kappa shape index (κ3) is 10.8. The summed E-state index contributed by atoms with van der Waals surface area (Å²) in [5.41, 5.74) is 10.3. The van der Waals surface area contributed by atoms with E-state index in [1.54, 1.807) is 6.08 Å². The van der Waals surface area contributed by atoms with Crippen LogP contribution in [-0.4, -0.2) is 130 Å². The van der Waals surface area contributed by atoms with Gasteiger partial charge in [0.15, 0.2) is 5.69 Å². The zero-order valence-corrected chi connectivity index (χ0v) is 24.3. The first-order valence-electron chi connectivity index (χ1n) is 14.3. The molecule has 4 rings (SSSR count). The highest BCUT2D eigenvalue weighted by Gasteiger charge is 2.34. The van der Waals surface area contributed by atoms with Crippen LogP contribution in [-0.2, 0) is 15.7 Å². The Morgan fingerprint density at radius 2 is 1.67 bits per heavy atom. The number of hydrogen-bond donors (Lipinski definition) is 6. The number of carboxylic acid groups (broad SMARTS) is 1. The smallest absolute Gasteiger partial charge is 0.434 e. The quantitative estimate of drug-likeness (QED) is 0.171. The number of carboxylic acids is 1. The van der Waals surface area contributed by atoms with Gasteiger partial charge in [-0.15, -0.1) is 0 Å². The Bertz CT molecular complexity index is 1090. The van der Waals surface area contributed by atoms with E-state index in [0.29, 0.717) is 37.5 Å². The standard InChI is InChI=1S/C21H37N5O5.C6H6F3N3/c22-16(21(29)30)1-2-19(23)26-6-3-15(4-7-26)13-24-8-10-25(11-9-24)14-18-20(28)17(27)5-12-31-18;1-10-5-3-11-2-4(12-5)6(7,8)9/h1-2,15,17-18,20,27-28H,3-14,22-23H2,(H,29,30);2-3H,1H3,(H,10,12)/b16-1-,19-2+;. The van der Waals surface area contributed by atoms with Crippen LogP contribution < -0.4 is 16.8 Å². The zero-order valence-electron chi connectivity index (χ0n) is 24.3. The van der Waals surface area contributed by atoms with E-state index in [0.717, 1.165) is 58.7 Å². The largest absolute Gasteiger partial charge is 0.477 e. The number of nitrogens with one attached hydrogen (secondary N) is 1. The molecule has 0 amide bonds. The number of nitrogens with zero attached hydrogens (tertiary/aromatic N) is 5. The monoisotopic (exact) mass is 616 g/mol. The molecule has 8 N–H and O–H groups in total. The lowest BCUT2D eigenvalue weighted by Gasteiger charge is -2.41. The number of nitrogens with two attached hydrogens (primary N) is 2. The minimum absolute atomic E-state index is 0.102. The number of allylic oxidation sites excluding steroid dienone is 2. The molecule has 43 heavy (non-hydrogen) atoms. The Hall–Kier alpha value is -3.18. The van der Waals surface area contributed by atoms with Gasteiger partial charge in [-0.25, -0.2) is 9.78 Å². The van der Waals surface area contributed by atoms with Gasteiger partial charge >= 0.3 is 12.1 Å². The third-order valence-electron chi connectivity index (χ3n) is 7.78. The van der Waals surface area contributed by atoms with Gasteiger partial charge in [0.2, 0.25) is 0 Å². The molecule has 0 bridgehead atoms. The molecule has 1 aromatic heterocycles. The first kappa shape index (κ1) is 34.3. The summed E-state index contributed by atoms with van der Waals surface area (Å²) >= 11 is 0. The van der Waals surface area contributed by atoms with Crippen molar-refractivity contribution in [2.24, 2.45) is 17.4 Å². The van der Waals surface area contributed by atoms with Crippen molar-refractivity contribution >= 4 is 11.8 Å². The predicted octanol–water partition coefficient (Wildman–Crippen LogP) is 0.0911. The molecule has 3 atom stereocenters. The van der Waals surface area contributed by atoms with Crippen molar-refractivity contribution in [3.8, 4) is 0 Å². The molecule has 242 valence electrons. The number of halogens is 3. The summed E-state index contributed by atoms with van der Waals surface area (Å²) in [7, 11) is 1.48. The average Bonchev–Trinajstić information content (AvgIpc) is 2.99. The normalized spacial score (nSPS) is 25.2. The molecule has 13 nitrogen and oxygen atoms in total. The maximum Gasteiger partial charge on any atom is 0.434 e. The molecule has 0 spiro atoms. The van der Waals surface area contributed by atoms with Crippen molar-refractivity contribution in [2.75, 3.05) is 71.3 Å². The van der Waals surface area contributed by atoms with Gasteiger partial charge in [0.1, 0.15) is 17.6 Å². The van der Waals surface area contributed by atoms with Crippen LogP contribution >= 0.6 is 0 Å². The van der Waals surface area contributed by atoms with Crippen LogP contribution in [0.4, 0.5) is 19.0 Å². The number of piperazine rings is 1. The summed E-state index contributed by atoms with van der Waals surface area (Å²) in [5.74, 6) is 0.120. The van der Waals surface area contributed by atoms with Crippen molar-refractivity contribution in [1.29, 1.82) is 0 Å². The number of aromatic nitrogens is 2. The van der Waals surface area contributed by atoms with E-state index in [2.05, 4.69) is 30.0 Å². The molecule has 0 aliphatic carbocycles. The van der Waals surface area contributed by atoms with E-state index in [9.17, 15) is 28.2 Å². The fourth-order valence-corrected chi connectivity index (χ4v) is 5.14. The van der Waals surface area contributed by atoms with E-state index in [4.69, 9.17) is 21.3 Å². The number of carbonyl (C=O) groups is 1. The Kier molecular flexibility index (Phi) is 12.8. The molecule has 0 aromatic carbocycles. The van der Waals surface area contributed by atoms with Gasteiger partial charge in [0.25, 0.3) is 0 Å². The average molecular weight is 617 g/mol. The van der Waals surface area contributed by atoms with Gasteiger partial charge in [-0.2, -0.15) is 13.2 Å². The molecule has 0 radical (unpaired) electrons. The van der Waals surface area contributed by atoms with Crippen LogP contribution in [0.2, 0.25) is 0 Å². The Balaban J connectivity index is 0.000000353. The van der Waals surface area contributed by atoms with E-state index in [-0.39, 0.29) is 17.6 Å². The molecule has 3 aliphatic heterocycles. The van der Waals surface area contributed by atoms with Crippen LogP contribution in [0.15, 0.2) is 36.1 Å². The van der Waals surface area contributed by atoms with E-state index in [1.165, 1.54) is 19.3 Å². The van der Waals surface area contributed by atoms with Gasteiger partial charge < -0.3 is 46.6 Å². The minimum Gasteiger partial charge on any atom is -0.477 e. The molecule has 1 aromatic rings. The lowest BCUT2D eigenvalue weighted by molar-refractivity contribution is -0.143. The number of hydrogen-bond acceptors (Lipinski definition) is 12. The molecule has 3 fully saturated rings. The van der Waals surface area contributed by atoms with E-state index in [1.807, 2.05) is 0 Å². The predicted molar refractivity (Wildman–Crippen MR) is 152 cm³/mol. The molecule has 3 unspecified atom stereocenters. The van der Waals surface area contributed by atoms with Crippen molar-refractivity contribution in [2.45, 2.75) is 43.8 Å². The molecule has 3 aliphatic rings. The van der Waals surface area contributed by atoms with Crippen molar-refractivity contribution in [3.63, 3.8) is 0 Å². The molecule has 4 heterocycles. The van der Waals surface area contributed by atoms with Gasteiger partial charge in [-0.3, -0.25) is 9.88 Å². The highest BCUT2D eigenvalue weighted by atomic mass is 19.4. The molecule has 3 saturated heterocycles. The zero-order chi connectivity index (χ0) is 31.6. The van der Waals surface area contributed by atoms with Crippen LogP contribution in [0.1, 0.15) is 25.0 Å². The number of ether oxygens (including phenoxy) is 1. The maximum atomic E-state index is 12.0. The number of aliphatic hydroxyl groups excluding tert-OH is 2. The van der Waals surface area contributed by atoms with Crippen molar-refractivity contribution in [1.82, 2.24) is 24.7 Å². The fourth-order valence-electron chi connectivity index (χ4n) is 5.14. The maximum absolute atomic E-state index is 12.0. The lowest BCUT2D eigenvalue weighted by Crippen LogP contribution is -2.54. The van der Waals surface area contributed by atoms with Crippen molar-refractivity contribution in [3.05, 3.63) is 41.8 Å². The van der Waals surface area contributed by atoms with Gasteiger partial charge in [0, 0.05) is 66.0 Å². The number of aliphatic carboxylic acids is 1. The Labute approximate surface area is 249 Å². The van der Waals surface area contributed by atoms with Crippen LogP contribution in [0.3, 0.4) is 0 Å². The topological polar surface area (TPSA) is 187 Å².